The topological polar surface area (TPSA) is 50.4 Å². The van der Waals surface area contributed by atoms with Gasteiger partial charge in [0.1, 0.15) is 0 Å². The van der Waals surface area contributed by atoms with Crippen LogP contribution in [0.15, 0.2) is 24.3 Å². The number of amides is 1. The van der Waals surface area contributed by atoms with Crippen molar-refractivity contribution in [2.24, 2.45) is 0 Å². The van der Waals surface area contributed by atoms with Crippen LogP contribution in [-0.2, 0) is 4.74 Å². The summed E-state index contributed by atoms with van der Waals surface area (Å²) in [4.78, 5) is 11.9. The number of rotatable bonds is 8. The van der Waals surface area contributed by atoms with E-state index in [0.29, 0.717) is 12.1 Å². The molecule has 0 atom stereocenters. The van der Waals surface area contributed by atoms with Crippen LogP contribution in [0.1, 0.15) is 44.0 Å². The van der Waals surface area contributed by atoms with Gasteiger partial charge in [-0.15, -0.1) is 0 Å². The van der Waals surface area contributed by atoms with Gasteiger partial charge in [-0.25, -0.2) is 0 Å². The van der Waals surface area contributed by atoms with Gasteiger partial charge in [-0.2, -0.15) is 0 Å². The normalized spacial score (nSPS) is 11.2. The fraction of sp³-hybridized carbons (Fsp3) is 0.562. The van der Waals surface area contributed by atoms with E-state index < -0.39 is 0 Å². The molecular formula is C16H26N2O2. The Kier molecular flexibility index (Phi) is 6.52. The molecule has 1 rings (SSSR count). The van der Waals surface area contributed by atoms with Gasteiger partial charge in [0, 0.05) is 31.5 Å². The van der Waals surface area contributed by atoms with Gasteiger partial charge in [0.25, 0.3) is 5.91 Å². The standard InChI is InChI=1S/C16H26N2O2/c1-5-10-18-15(19)13-7-6-8-14(12-13)17-11-9-16(2,3)20-4/h6-8,12,17H,5,9-11H2,1-4H3,(H,18,19). The maximum Gasteiger partial charge on any atom is 0.251 e. The van der Waals surface area contributed by atoms with E-state index >= 15 is 0 Å². The molecule has 0 bridgehead atoms. The second kappa shape index (κ2) is 7.90. The van der Waals surface area contributed by atoms with Crippen LogP contribution >= 0.6 is 0 Å². The van der Waals surface area contributed by atoms with Crippen molar-refractivity contribution in [3.05, 3.63) is 29.8 Å². The van der Waals surface area contributed by atoms with Crippen molar-refractivity contribution in [1.82, 2.24) is 5.32 Å². The van der Waals surface area contributed by atoms with Crippen LogP contribution < -0.4 is 10.6 Å². The molecule has 2 N–H and O–H groups in total. The number of anilines is 1. The van der Waals surface area contributed by atoms with E-state index in [2.05, 4.69) is 24.5 Å². The molecule has 0 unspecified atom stereocenters. The highest BCUT2D eigenvalue weighted by Crippen LogP contribution is 2.15. The molecule has 0 fully saturated rings. The summed E-state index contributed by atoms with van der Waals surface area (Å²) in [7, 11) is 1.72. The highest BCUT2D eigenvalue weighted by atomic mass is 16.5. The van der Waals surface area contributed by atoms with E-state index in [-0.39, 0.29) is 11.5 Å². The van der Waals surface area contributed by atoms with Gasteiger partial charge in [-0.05, 0) is 44.9 Å². The van der Waals surface area contributed by atoms with Gasteiger partial charge in [0.2, 0.25) is 0 Å². The van der Waals surface area contributed by atoms with Gasteiger partial charge in [0.05, 0.1) is 5.60 Å². The lowest BCUT2D eigenvalue weighted by atomic mass is 10.1. The monoisotopic (exact) mass is 278 g/mol. The molecule has 0 radical (unpaired) electrons. The number of ether oxygens (including phenoxy) is 1. The minimum Gasteiger partial charge on any atom is -0.385 e. The third kappa shape index (κ3) is 5.61. The molecule has 20 heavy (non-hydrogen) atoms. The number of carbonyl (C=O) groups excluding carboxylic acids is 1. The van der Waals surface area contributed by atoms with Crippen LogP contribution in [0.2, 0.25) is 0 Å². The van der Waals surface area contributed by atoms with E-state index in [4.69, 9.17) is 4.74 Å². The Balaban J connectivity index is 2.53. The zero-order valence-electron chi connectivity index (χ0n) is 13.0. The third-order valence-electron chi connectivity index (χ3n) is 3.27. The first-order chi connectivity index (χ1) is 9.48. The van der Waals surface area contributed by atoms with Crippen LogP contribution in [-0.4, -0.2) is 31.7 Å². The van der Waals surface area contributed by atoms with E-state index in [0.717, 1.165) is 25.1 Å². The van der Waals surface area contributed by atoms with Crippen molar-refractivity contribution >= 4 is 11.6 Å². The SMILES string of the molecule is CCCNC(=O)c1cccc(NCCC(C)(C)OC)c1. The van der Waals surface area contributed by atoms with Crippen molar-refractivity contribution in [2.75, 3.05) is 25.5 Å². The summed E-state index contributed by atoms with van der Waals surface area (Å²) >= 11 is 0. The molecule has 0 saturated carbocycles. The van der Waals surface area contributed by atoms with Crippen LogP contribution in [0.5, 0.6) is 0 Å². The van der Waals surface area contributed by atoms with Gasteiger partial charge in [-0.1, -0.05) is 13.0 Å². The molecule has 0 aliphatic heterocycles. The molecule has 1 amide bonds. The van der Waals surface area contributed by atoms with Gasteiger partial charge in [0.15, 0.2) is 0 Å². The smallest absolute Gasteiger partial charge is 0.251 e. The second-order valence-corrected chi connectivity index (χ2v) is 5.48. The maximum absolute atomic E-state index is 11.9. The number of nitrogens with one attached hydrogen (secondary N) is 2. The summed E-state index contributed by atoms with van der Waals surface area (Å²) in [5, 5.41) is 6.21. The van der Waals surface area contributed by atoms with E-state index in [9.17, 15) is 4.79 Å². The molecule has 4 nitrogen and oxygen atoms in total. The number of hydrogen-bond donors (Lipinski definition) is 2. The van der Waals surface area contributed by atoms with E-state index in [1.165, 1.54) is 0 Å². The highest BCUT2D eigenvalue weighted by molar-refractivity contribution is 5.95. The Bertz CT molecular complexity index is 430. The largest absolute Gasteiger partial charge is 0.385 e. The Morgan fingerprint density at radius 2 is 2.05 bits per heavy atom. The molecule has 1 aromatic carbocycles. The Morgan fingerprint density at radius 1 is 1.30 bits per heavy atom. The lowest BCUT2D eigenvalue weighted by Gasteiger charge is -2.23. The Labute approximate surface area is 121 Å². The third-order valence-corrected chi connectivity index (χ3v) is 3.27. The van der Waals surface area contributed by atoms with Crippen molar-refractivity contribution in [3.8, 4) is 0 Å². The highest BCUT2D eigenvalue weighted by Gasteiger charge is 2.15. The number of methoxy groups -OCH3 is 1. The molecule has 0 heterocycles. The molecule has 1 aromatic rings. The minimum atomic E-state index is -0.136. The van der Waals surface area contributed by atoms with Crippen LogP contribution in [0.4, 0.5) is 5.69 Å². The quantitative estimate of drug-likeness (QED) is 0.768. The number of hydrogen-bond acceptors (Lipinski definition) is 3. The summed E-state index contributed by atoms with van der Waals surface area (Å²) in [6.07, 6.45) is 1.84. The molecule has 112 valence electrons. The molecule has 0 saturated heterocycles. The van der Waals surface area contributed by atoms with E-state index in [1.54, 1.807) is 7.11 Å². The fourth-order valence-corrected chi connectivity index (χ4v) is 1.72. The summed E-state index contributed by atoms with van der Waals surface area (Å²) in [5.74, 6) is -0.0206. The average Bonchev–Trinajstić information content (AvgIpc) is 2.45. The van der Waals surface area contributed by atoms with Crippen LogP contribution in [0.3, 0.4) is 0 Å². The first-order valence-corrected chi connectivity index (χ1v) is 7.16. The predicted molar refractivity (Wildman–Crippen MR) is 83.3 cm³/mol. The summed E-state index contributed by atoms with van der Waals surface area (Å²) < 4.78 is 5.38. The second-order valence-electron chi connectivity index (χ2n) is 5.48. The maximum atomic E-state index is 11.9. The van der Waals surface area contributed by atoms with E-state index in [1.807, 2.05) is 31.2 Å². The van der Waals surface area contributed by atoms with Crippen molar-refractivity contribution in [1.29, 1.82) is 0 Å². The molecule has 0 aliphatic carbocycles. The fourth-order valence-electron chi connectivity index (χ4n) is 1.72. The zero-order valence-corrected chi connectivity index (χ0v) is 13.0. The van der Waals surface area contributed by atoms with Crippen LogP contribution in [0, 0.1) is 0 Å². The van der Waals surface area contributed by atoms with Crippen molar-refractivity contribution in [2.45, 2.75) is 39.2 Å². The molecule has 0 spiro atoms. The number of benzene rings is 1. The lowest BCUT2D eigenvalue weighted by molar-refractivity contribution is 0.0185. The van der Waals surface area contributed by atoms with Gasteiger partial charge < -0.3 is 15.4 Å². The van der Waals surface area contributed by atoms with Crippen molar-refractivity contribution in [3.63, 3.8) is 0 Å². The first-order valence-electron chi connectivity index (χ1n) is 7.16. The van der Waals surface area contributed by atoms with Crippen LogP contribution in [0.25, 0.3) is 0 Å². The summed E-state index contributed by atoms with van der Waals surface area (Å²) in [6, 6.07) is 7.57. The first kappa shape index (κ1) is 16.5. The predicted octanol–water partition coefficient (Wildman–Crippen LogP) is 3.05. The summed E-state index contributed by atoms with van der Waals surface area (Å²) in [5.41, 5.74) is 1.51. The average molecular weight is 278 g/mol. The van der Waals surface area contributed by atoms with Gasteiger partial charge in [-0.3, -0.25) is 4.79 Å². The Hall–Kier alpha value is -1.55. The van der Waals surface area contributed by atoms with Gasteiger partial charge >= 0.3 is 0 Å². The minimum absolute atomic E-state index is 0.0206. The molecule has 0 aromatic heterocycles. The molecule has 4 heteroatoms. The molecule has 0 aliphatic rings. The lowest BCUT2D eigenvalue weighted by Crippen LogP contribution is -2.26. The Morgan fingerprint density at radius 3 is 2.70 bits per heavy atom. The molecular weight excluding hydrogens is 252 g/mol. The number of carbonyl (C=O) groups is 1. The van der Waals surface area contributed by atoms with Crippen molar-refractivity contribution < 1.29 is 9.53 Å². The zero-order chi connectivity index (χ0) is 15.0. The summed E-state index contributed by atoms with van der Waals surface area (Å²) in [6.45, 7) is 7.67.